The van der Waals surface area contributed by atoms with Crippen molar-refractivity contribution in [1.82, 2.24) is 0 Å². The third-order valence-corrected chi connectivity index (χ3v) is 3.40. The number of hydrogen-bond donors (Lipinski definition) is 1. The van der Waals surface area contributed by atoms with E-state index < -0.39 is 11.7 Å². The van der Waals surface area contributed by atoms with Gasteiger partial charge in [-0.3, -0.25) is 0 Å². The molecule has 0 bridgehead atoms. The second-order valence-corrected chi connectivity index (χ2v) is 4.86. The maximum absolute atomic E-state index is 12.5. The first-order chi connectivity index (χ1) is 7.89. The van der Waals surface area contributed by atoms with Crippen molar-refractivity contribution in [3.05, 3.63) is 39.5 Å². The number of thiophene rings is 1. The number of phenols is 1. The lowest BCUT2D eigenvalue weighted by Gasteiger charge is -2.10. The molecule has 17 heavy (non-hydrogen) atoms. The predicted octanol–water partition coefficient (Wildman–Crippen LogP) is 4.79. The van der Waals surface area contributed by atoms with Gasteiger partial charge >= 0.3 is 6.18 Å². The summed E-state index contributed by atoms with van der Waals surface area (Å²) in [5.41, 5.74) is -0.320. The molecule has 0 radical (unpaired) electrons. The Morgan fingerprint density at radius 2 is 1.82 bits per heavy atom. The van der Waals surface area contributed by atoms with E-state index in [2.05, 4.69) is 0 Å². The van der Waals surface area contributed by atoms with E-state index >= 15 is 0 Å². The van der Waals surface area contributed by atoms with Crippen LogP contribution in [0, 0.1) is 0 Å². The van der Waals surface area contributed by atoms with Crippen molar-refractivity contribution in [3.8, 4) is 16.9 Å². The van der Waals surface area contributed by atoms with Gasteiger partial charge in [-0.1, -0.05) is 11.6 Å². The van der Waals surface area contributed by atoms with Crippen molar-refractivity contribution < 1.29 is 18.3 Å². The van der Waals surface area contributed by atoms with Crippen molar-refractivity contribution in [3.63, 3.8) is 0 Å². The Labute approximate surface area is 104 Å². The summed E-state index contributed by atoms with van der Waals surface area (Å²) in [5, 5.41) is 11.2. The first-order valence-electron chi connectivity index (χ1n) is 4.53. The lowest BCUT2D eigenvalue weighted by molar-refractivity contribution is -0.137. The molecule has 1 aromatic heterocycles. The number of rotatable bonds is 1. The Hall–Kier alpha value is -1.20. The van der Waals surface area contributed by atoms with E-state index in [1.165, 1.54) is 11.3 Å². The molecule has 90 valence electrons. The highest BCUT2D eigenvalue weighted by Crippen LogP contribution is 2.40. The van der Waals surface area contributed by atoms with Gasteiger partial charge in [0.2, 0.25) is 0 Å². The standard InChI is InChI=1S/C11H6ClF3OS/c12-10-7(3-4-17-10)8-5-6(11(13,14)15)1-2-9(8)16/h1-5,16H. The molecule has 1 heterocycles. The molecule has 0 saturated heterocycles. The fourth-order valence-corrected chi connectivity index (χ4v) is 2.36. The summed E-state index contributed by atoms with van der Waals surface area (Å²) in [6.07, 6.45) is -4.44. The summed E-state index contributed by atoms with van der Waals surface area (Å²) in [6, 6.07) is 4.32. The molecule has 0 aliphatic heterocycles. The molecule has 6 heteroatoms. The average Bonchev–Trinajstić information content (AvgIpc) is 2.63. The van der Waals surface area contributed by atoms with Gasteiger partial charge in [0, 0.05) is 11.1 Å². The molecule has 0 amide bonds. The largest absolute Gasteiger partial charge is 0.507 e. The van der Waals surface area contributed by atoms with Crippen LogP contribution < -0.4 is 0 Å². The van der Waals surface area contributed by atoms with E-state index in [1.807, 2.05) is 0 Å². The van der Waals surface area contributed by atoms with E-state index in [9.17, 15) is 18.3 Å². The van der Waals surface area contributed by atoms with Gasteiger partial charge in [0.1, 0.15) is 10.1 Å². The molecule has 1 N–H and O–H groups in total. The first-order valence-corrected chi connectivity index (χ1v) is 5.79. The summed E-state index contributed by atoms with van der Waals surface area (Å²) in [4.78, 5) is 0. The first kappa shape index (κ1) is 12.3. The fourth-order valence-electron chi connectivity index (χ4n) is 1.41. The van der Waals surface area contributed by atoms with Crippen molar-refractivity contribution in [2.75, 3.05) is 0 Å². The fraction of sp³-hybridized carbons (Fsp3) is 0.0909. The summed E-state index contributed by atoms with van der Waals surface area (Å²) in [7, 11) is 0. The quantitative estimate of drug-likeness (QED) is 0.795. The van der Waals surface area contributed by atoms with Gasteiger partial charge in [-0.25, -0.2) is 0 Å². The van der Waals surface area contributed by atoms with Gasteiger partial charge in [0.15, 0.2) is 0 Å². The number of aromatic hydroxyl groups is 1. The molecule has 1 nitrogen and oxygen atoms in total. The van der Waals surface area contributed by atoms with Crippen LogP contribution in [0.1, 0.15) is 5.56 Å². The van der Waals surface area contributed by atoms with Crippen LogP contribution in [0.15, 0.2) is 29.6 Å². The number of alkyl halides is 3. The van der Waals surface area contributed by atoms with Gasteiger partial charge < -0.3 is 5.11 Å². The van der Waals surface area contributed by atoms with Crippen LogP contribution in [0.5, 0.6) is 5.75 Å². The molecule has 0 spiro atoms. The minimum atomic E-state index is -4.44. The topological polar surface area (TPSA) is 20.2 Å². The van der Waals surface area contributed by atoms with Crippen LogP contribution in [-0.4, -0.2) is 5.11 Å². The van der Waals surface area contributed by atoms with Crippen molar-refractivity contribution in [2.45, 2.75) is 6.18 Å². The summed E-state index contributed by atoms with van der Waals surface area (Å²) in [6.45, 7) is 0. The van der Waals surface area contributed by atoms with Crippen LogP contribution in [0.2, 0.25) is 4.34 Å². The van der Waals surface area contributed by atoms with E-state index in [4.69, 9.17) is 11.6 Å². The molecule has 1 aromatic carbocycles. The highest BCUT2D eigenvalue weighted by Gasteiger charge is 2.31. The molecule has 0 aliphatic rings. The Bertz CT molecular complexity index is 548. The van der Waals surface area contributed by atoms with Gasteiger partial charge in [0.05, 0.1) is 5.56 Å². The lowest BCUT2D eigenvalue weighted by atomic mass is 10.0. The second-order valence-electron chi connectivity index (χ2n) is 3.34. The molecular formula is C11H6ClF3OS. The van der Waals surface area contributed by atoms with Crippen LogP contribution in [0.3, 0.4) is 0 Å². The van der Waals surface area contributed by atoms with Crippen LogP contribution in [0.25, 0.3) is 11.1 Å². The maximum atomic E-state index is 12.5. The number of phenolic OH excluding ortho intramolecular Hbond substituents is 1. The smallest absolute Gasteiger partial charge is 0.416 e. The molecule has 0 aliphatic carbocycles. The lowest BCUT2D eigenvalue weighted by Crippen LogP contribution is -2.04. The molecule has 2 rings (SSSR count). The Morgan fingerprint density at radius 1 is 1.12 bits per heavy atom. The van der Waals surface area contributed by atoms with Crippen molar-refractivity contribution in [1.29, 1.82) is 0 Å². The molecule has 2 aromatic rings. The summed E-state index contributed by atoms with van der Waals surface area (Å²) < 4.78 is 37.9. The second kappa shape index (κ2) is 4.23. The van der Waals surface area contributed by atoms with E-state index in [1.54, 1.807) is 11.4 Å². The average molecular weight is 279 g/mol. The van der Waals surface area contributed by atoms with Crippen LogP contribution in [-0.2, 0) is 6.18 Å². The Kier molecular flexibility index (Phi) is 3.05. The highest BCUT2D eigenvalue weighted by molar-refractivity contribution is 7.15. The summed E-state index contributed by atoms with van der Waals surface area (Å²) in [5.74, 6) is -0.224. The highest BCUT2D eigenvalue weighted by atomic mass is 35.5. The SMILES string of the molecule is Oc1ccc(C(F)(F)F)cc1-c1ccsc1Cl. The molecule has 0 atom stereocenters. The third-order valence-electron chi connectivity index (χ3n) is 2.23. The molecule has 0 saturated carbocycles. The monoisotopic (exact) mass is 278 g/mol. The third kappa shape index (κ3) is 2.40. The van der Waals surface area contributed by atoms with Gasteiger partial charge in [0.25, 0.3) is 0 Å². The minimum absolute atomic E-state index is 0.0890. The number of benzene rings is 1. The Balaban J connectivity index is 2.58. The normalized spacial score (nSPS) is 11.8. The molecular weight excluding hydrogens is 273 g/mol. The maximum Gasteiger partial charge on any atom is 0.416 e. The number of halogens is 4. The van der Waals surface area contributed by atoms with Crippen LogP contribution >= 0.6 is 22.9 Å². The molecule has 0 fully saturated rings. The van der Waals surface area contributed by atoms with Crippen LogP contribution in [0.4, 0.5) is 13.2 Å². The van der Waals surface area contributed by atoms with E-state index in [-0.39, 0.29) is 11.3 Å². The van der Waals surface area contributed by atoms with E-state index in [0.29, 0.717) is 9.90 Å². The number of hydrogen-bond acceptors (Lipinski definition) is 2. The van der Waals surface area contributed by atoms with Gasteiger partial charge in [-0.2, -0.15) is 13.2 Å². The van der Waals surface area contributed by atoms with Crippen molar-refractivity contribution >= 4 is 22.9 Å². The Morgan fingerprint density at radius 3 is 2.35 bits per heavy atom. The van der Waals surface area contributed by atoms with Gasteiger partial charge in [-0.05, 0) is 29.6 Å². The summed E-state index contributed by atoms with van der Waals surface area (Å²) >= 11 is 7.03. The van der Waals surface area contributed by atoms with E-state index in [0.717, 1.165) is 18.2 Å². The predicted molar refractivity (Wildman–Crippen MR) is 61.4 cm³/mol. The zero-order chi connectivity index (χ0) is 12.6. The zero-order valence-corrected chi connectivity index (χ0v) is 9.83. The minimum Gasteiger partial charge on any atom is -0.507 e. The van der Waals surface area contributed by atoms with Gasteiger partial charge in [-0.15, -0.1) is 11.3 Å². The zero-order valence-electron chi connectivity index (χ0n) is 8.25. The molecule has 0 unspecified atom stereocenters. The van der Waals surface area contributed by atoms with Crippen molar-refractivity contribution in [2.24, 2.45) is 0 Å².